The van der Waals surface area contributed by atoms with Gasteiger partial charge in [0, 0.05) is 37.0 Å². The van der Waals surface area contributed by atoms with E-state index in [0.717, 1.165) is 31.5 Å². The van der Waals surface area contributed by atoms with Crippen LogP contribution >= 0.6 is 0 Å². The third-order valence-electron chi connectivity index (χ3n) is 9.16. The van der Waals surface area contributed by atoms with Crippen molar-refractivity contribution in [1.82, 2.24) is 19.9 Å². The summed E-state index contributed by atoms with van der Waals surface area (Å²) >= 11 is 0. The number of nitrogens with zero attached hydrogens (tertiary/aromatic N) is 5. The predicted molar refractivity (Wildman–Crippen MR) is 160 cm³/mol. The molecule has 2 aromatic carbocycles. The summed E-state index contributed by atoms with van der Waals surface area (Å²) in [7, 11) is 0. The number of pyridine rings is 1. The van der Waals surface area contributed by atoms with Gasteiger partial charge >= 0.3 is 6.01 Å². The minimum absolute atomic E-state index is 0.0791. The molecule has 3 saturated heterocycles. The van der Waals surface area contributed by atoms with Gasteiger partial charge in [-0.2, -0.15) is 9.97 Å². The fraction of sp³-hybridized carbons (Fsp3) is 0.424. The van der Waals surface area contributed by atoms with E-state index in [2.05, 4.69) is 31.7 Å². The van der Waals surface area contributed by atoms with Crippen LogP contribution in [-0.4, -0.2) is 80.7 Å². The van der Waals surface area contributed by atoms with Gasteiger partial charge in [0.05, 0.1) is 17.0 Å². The first-order valence-corrected chi connectivity index (χ1v) is 15.1. The zero-order valence-electron chi connectivity index (χ0n) is 24.6. The molecule has 8 nitrogen and oxygen atoms in total. The zero-order valence-corrected chi connectivity index (χ0v) is 24.6. The van der Waals surface area contributed by atoms with Crippen LogP contribution in [0.2, 0.25) is 0 Å². The average Bonchev–Trinajstić information content (AvgIpc) is 3.54. The summed E-state index contributed by atoms with van der Waals surface area (Å²) in [6.45, 7) is 3.49. The lowest BCUT2D eigenvalue weighted by Crippen LogP contribution is -2.43. The van der Waals surface area contributed by atoms with Gasteiger partial charge in [0.25, 0.3) is 0 Å². The molecule has 3 aliphatic heterocycles. The minimum atomic E-state index is -1.22. The standard InChI is InChI=1S/C33H31F4N5O3/c1-2-5-24-26-30(28(37)29(38-24)22-13-21(44)12-18-7-8-23(35)27(36)25(18)22)39-32(40-31(26)41-10-3-6-20(43)16-41)45-17-33-9-4-11-42(33)15-19(34)14-33/h7-8,12-13,19-20,43-44H,3-4,6,9-11,14-17H2,1H3/t19-,20-,33+/m1/s1. The Labute approximate surface area is 256 Å². The molecule has 45 heavy (non-hydrogen) atoms. The number of phenolic OH excluding ortho intramolecular Hbond substituents is 1. The van der Waals surface area contributed by atoms with Gasteiger partial charge in [-0.15, -0.1) is 0 Å². The number of aliphatic hydroxyl groups is 1. The second-order valence-electron chi connectivity index (χ2n) is 12.1. The van der Waals surface area contributed by atoms with Crippen molar-refractivity contribution in [3.05, 3.63) is 47.4 Å². The Kier molecular flexibility index (Phi) is 7.41. The lowest BCUT2D eigenvalue weighted by Gasteiger charge is -2.33. The molecule has 0 aliphatic carbocycles. The van der Waals surface area contributed by atoms with Gasteiger partial charge < -0.3 is 19.8 Å². The zero-order chi connectivity index (χ0) is 31.5. The minimum Gasteiger partial charge on any atom is -0.508 e. The van der Waals surface area contributed by atoms with E-state index in [1.54, 1.807) is 11.8 Å². The maximum atomic E-state index is 16.8. The number of halogens is 4. The van der Waals surface area contributed by atoms with Crippen molar-refractivity contribution in [3.8, 4) is 34.9 Å². The van der Waals surface area contributed by atoms with Gasteiger partial charge in [-0.05, 0) is 68.7 Å². The Morgan fingerprint density at radius 1 is 1.04 bits per heavy atom. The van der Waals surface area contributed by atoms with Crippen molar-refractivity contribution in [1.29, 1.82) is 0 Å². The molecule has 4 aromatic rings. The molecule has 0 spiro atoms. The van der Waals surface area contributed by atoms with Crippen LogP contribution in [0.1, 0.15) is 44.7 Å². The number of benzene rings is 2. The van der Waals surface area contributed by atoms with Gasteiger partial charge in [0.15, 0.2) is 17.5 Å². The fourth-order valence-electron chi connectivity index (χ4n) is 7.18. The molecule has 0 unspecified atom stereocenters. The Balaban J connectivity index is 1.45. The number of anilines is 1. The second kappa shape index (κ2) is 11.3. The molecule has 0 radical (unpaired) electrons. The molecular weight excluding hydrogens is 590 g/mol. The molecule has 0 amide bonds. The van der Waals surface area contributed by atoms with Crippen LogP contribution in [-0.2, 0) is 0 Å². The van der Waals surface area contributed by atoms with Crippen molar-refractivity contribution in [2.45, 2.75) is 56.8 Å². The highest BCUT2D eigenvalue weighted by atomic mass is 19.2. The van der Waals surface area contributed by atoms with Crippen LogP contribution in [0.25, 0.3) is 32.9 Å². The second-order valence-corrected chi connectivity index (χ2v) is 12.1. The number of alkyl halides is 1. The number of phenols is 1. The number of aliphatic hydroxyl groups excluding tert-OH is 1. The summed E-state index contributed by atoms with van der Waals surface area (Å²) in [6, 6.07) is 4.43. The summed E-state index contributed by atoms with van der Waals surface area (Å²) < 4.78 is 67.0. The Hall–Kier alpha value is -4.21. The van der Waals surface area contributed by atoms with Crippen LogP contribution < -0.4 is 9.64 Å². The summed E-state index contributed by atoms with van der Waals surface area (Å²) in [4.78, 5) is 17.5. The molecule has 3 fully saturated rings. The summed E-state index contributed by atoms with van der Waals surface area (Å²) in [6.07, 6.45) is 1.60. The van der Waals surface area contributed by atoms with Crippen molar-refractivity contribution in [2.24, 2.45) is 0 Å². The van der Waals surface area contributed by atoms with Crippen LogP contribution in [0.3, 0.4) is 0 Å². The third kappa shape index (κ3) is 5.08. The monoisotopic (exact) mass is 621 g/mol. The highest BCUT2D eigenvalue weighted by molar-refractivity contribution is 6.01. The number of aromatic hydroxyl groups is 1. The van der Waals surface area contributed by atoms with Crippen molar-refractivity contribution in [3.63, 3.8) is 0 Å². The topological polar surface area (TPSA) is 94.8 Å². The molecular formula is C33H31F4N5O3. The Morgan fingerprint density at radius 3 is 2.69 bits per heavy atom. The van der Waals surface area contributed by atoms with E-state index in [1.807, 2.05) is 0 Å². The first-order valence-electron chi connectivity index (χ1n) is 15.1. The number of β-amino-alcohol motifs (C(OH)–C–C–N with tert-alkyl or cyclic N) is 1. The fourth-order valence-corrected chi connectivity index (χ4v) is 7.18. The predicted octanol–water partition coefficient (Wildman–Crippen LogP) is 5.26. The lowest BCUT2D eigenvalue weighted by molar-refractivity contribution is 0.107. The van der Waals surface area contributed by atoms with E-state index in [0.29, 0.717) is 32.4 Å². The Morgan fingerprint density at radius 2 is 1.89 bits per heavy atom. The van der Waals surface area contributed by atoms with E-state index in [-0.39, 0.29) is 63.7 Å². The Bertz CT molecular complexity index is 1900. The van der Waals surface area contributed by atoms with Gasteiger partial charge in [-0.3, -0.25) is 4.90 Å². The molecule has 7 rings (SSSR count). The van der Waals surface area contributed by atoms with E-state index in [4.69, 9.17) is 4.74 Å². The molecule has 0 bridgehead atoms. The van der Waals surface area contributed by atoms with E-state index in [1.165, 1.54) is 12.1 Å². The lowest BCUT2D eigenvalue weighted by atomic mass is 9.95. The van der Waals surface area contributed by atoms with Crippen LogP contribution in [0.4, 0.5) is 23.4 Å². The SMILES string of the molecule is CC#Cc1nc(-c2cc(O)cc3ccc(F)c(F)c23)c(F)c2nc(OC[C@@]34CCCN3C[C@H](F)C4)nc(N3CCC[C@@H](O)C3)c12. The quantitative estimate of drug-likeness (QED) is 0.231. The molecule has 2 aromatic heterocycles. The van der Waals surface area contributed by atoms with Gasteiger partial charge in [-0.1, -0.05) is 12.0 Å². The van der Waals surface area contributed by atoms with Crippen LogP contribution in [0.5, 0.6) is 11.8 Å². The van der Waals surface area contributed by atoms with E-state index in [9.17, 15) is 19.0 Å². The van der Waals surface area contributed by atoms with Gasteiger partial charge in [0.1, 0.15) is 41.3 Å². The smallest absolute Gasteiger partial charge is 0.319 e. The maximum absolute atomic E-state index is 16.8. The average molecular weight is 622 g/mol. The number of rotatable bonds is 5. The number of piperidine rings is 1. The number of hydrogen-bond donors (Lipinski definition) is 2. The molecule has 5 heterocycles. The molecule has 234 valence electrons. The number of hydrogen-bond acceptors (Lipinski definition) is 8. The normalized spacial score (nSPS) is 23.4. The first kappa shape index (κ1) is 29.5. The van der Waals surface area contributed by atoms with E-state index < -0.39 is 41.0 Å². The van der Waals surface area contributed by atoms with Crippen molar-refractivity contribution >= 4 is 27.5 Å². The highest BCUT2D eigenvalue weighted by Crippen LogP contribution is 2.42. The molecule has 0 saturated carbocycles. The highest BCUT2D eigenvalue weighted by Gasteiger charge is 2.49. The molecule has 3 aliphatic rings. The van der Waals surface area contributed by atoms with Gasteiger partial charge in [0.2, 0.25) is 0 Å². The van der Waals surface area contributed by atoms with Crippen molar-refractivity contribution < 1.29 is 32.5 Å². The number of aromatic nitrogens is 3. The van der Waals surface area contributed by atoms with E-state index >= 15 is 8.78 Å². The van der Waals surface area contributed by atoms with Crippen LogP contribution in [0.15, 0.2) is 24.3 Å². The largest absolute Gasteiger partial charge is 0.508 e. The summed E-state index contributed by atoms with van der Waals surface area (Å²) in [5.74, 6) is 2.28. The third-order valence-corrected chi connectivity index (χ3v) is 9.16. The maximum Gasteiger partial charge on any atom is 0.319 e. The molecule has 2 N–H and O–H groups in total. The first-order chi connectivity index (χ1) is 21.7. The molecule has 3 atom stereocenters. The number of ether oxygens (including phenoxy) is 1. The summed E-state index contributed by atoms with van der Waals surface area (Å²) in [5.41, 5.74) is -1.23. The van der Waals surface area contributed by atoms with Gasteiger partial charge in [-0.25, -0.2) is 22.5 Å². The number of fused-ring (bicyclic) bond motifs is 3. The molecule has 12 heteroatoms. The van der Waals surface area contributed by atoms with Crippen molar-refractivity contribution in [2.75, 3.05) is 37.7 Å². The summed E-state index contributed by atoms with van der Waals surface area (Å²) in [5, 5.41) is 21.0. The van der Waals surface area contributed by atoms with Crippen LogP contribution in [0, 0.1) is 29.3 Å².